The molecule has 2 unspecified atom stereocenters. The van der Waals surface area contributed by atoms with E-state index in [1.165, 1.54) is 0 Å². The van der Waals surface area contributed by atoms with Gasteiger partial charge in [-0.05, 0) is 38.0 Å². The number of nitrogens with zero attached hydrogens (tertiary/aromatic N) is 3. The standard InChI is InChI=1S/C21H34N4O3.HI/c1-3-22-21(25-8-7-18(15-25)24-9-11-27-12-10-24)23-14-19(26)16-28-20-6-4-5-17(2)13-20;/h4-6,13,18-19,26H,3,7-12,14-16H2,1-2H3,(H,22,23);1H. The van der Waals surface area contributed by atoms with Crippen molar-refractivity contribution in [1.29, 1.82) is 0 Å². The zero-order chi connectivity index (χ0) is 19.8. The molecule has 164 valence electrons. The maximum Gasteiger partial charge on any atom is 0.194 e. The number of benzene rings is 1. The molecular weight excluding hydrogens is 483 g/mol. The molecule has 2 N–H and O–H groups in total. The van der Waals surface area contributed by atoms with Crippen LogP contribution in [0.3, 0.4) is 0 Å². The lowest BCUT2D eigenvalue weighted by Crippen LogP contribution is -2.46. The van der Waals surface area contributed by atoms with Crippen molar-refractivity contribution in [1.82, 2.24) is 15.1 Å². The van der Waals surface area contributed by atoms with Crippen LogP contribution in [0, 0.1) is 6.92 Å². The highest BCUT2D eigenvalue weighted by molar-refractivity contribution is 14.0. The molecule has 0 radical (unpaired) electrons. The molecule has 0 aromatic heterocycles. The molecule has 0 aliphatic carbocycles. The van der Waals surface area contributed by atoms with Gasteiger partial charge in [0.15, 0.2) is 5.96 Å². The molecule has 0 bridgehead atoms. The number of likely N-dealkylation sites (tertiary alicyclic amines) is 1. The fourth-order valence-corrected chi connectivity index (χ4v) is 3.74. The summed E-state index contributed by atoms with van der Waals surface area (Å²) in [6.07, 6.45) is 0.510. The number of nitrogens with one attached hydrogen (secondary N) is 1. The first-order valence-corrected chi connectivity index (χ1v) is 10.4. The molecule has 29 heavy (non-hydrogen) atoms. The number of aliphatic hydroxyl groups is 1. The fourth-order valence-electron chi connectivity index (χ4n) is 3.74. The quantitative estimate of drug-likeness (QED) is 0.326. The van der Waals surface area contributed by atoms with Crippen molar-refractivity contribution in [3.05, 3.63) is 29.8 Å². The van der Waals surface area contributed by atoms with Gasteiger partial charge in [0.1, 0.15) is 18.5 Å². The molecule has 1 aromatic carbocycles. The Balaban J connectivity index is 0.00000300. The smallest absolute Gasteiger partial charge is 0.194 e. The number of aryl methyl sites for hydroxylation is 1. The van der Waals surface area contributed by atoms with Crippen molar-refractivity contribution >= 4 is 29.9 Å². The molecule has 2 heterocycles. The van der Waals surface area contributed by atoms with Crippen molar-refractivity contribution in [2.45, 2.75) is 32.4 Å². The first kappa shape index (κ1) is 24.2. The summed E-state index contributed by atoms with van der Waals surface area (Å²) in [5.41, 5.74) is 1.14. The highest BCUT2D eigenvalue weighted by atomic mass is 127. The van der Waals surface area contributed by atoms with Crippen molar-refractivity contribution in [2.75, 3.05) is 59.1 Å². The number of halogens is 1. The first-order valence-electron chi connectivity index (χ1n) is 10.4. The number of rotatable bonds is 7. The predicted molar refractivity (Wildman–Crippen MR) is 126 cm³/mol. The van der Waals surface area contributed by atoms with Gasteiger partial charge in [0.25, 0.3) is 0 Å². The lowest BCUT2D eigenvalue weighted by molar-refractivity contribution is 0.0194. The van der Waals surface area contributed by atoms with Gasteiger partial charge < -0.3 is 24.8 Å². The second kappa shape index (κ2) is 12.6. The van der Waals surface area contributed by atoms with Crippen molar-refractivity contribution in [2.24, 2.45) is 4.99 Å². The van der Waals surface area contributed by atoms with Crippen LogP contribution in [0.25, 0.3) is 0 Å². The van der Waals surface area contributed by atoms with E-state index in [2.05, 4.69) is 27.0 Å². The average molecular weight is 518 g/mol. The van der Waals surface area contributed by atoms with Gasteiger partial charge in [0.05, 0.1) is 19.8 Å². The lowest BCUT2D eigenvalue weighted by atomic mass is 10.2. The lowest BCUT2D eigenvalue weighted by Gasteiger charge is -2.32. The SMILES string of the molecule is CCNC(=NCC(O)COc1cccc(C)c1)N1CCC(N2CCOCC2)C1.I. The molecule has 2 fully saturated rings. The van der Waals surface area contributed by atoms with Crippen molar-refractivity contribution in [3.8, 4) is 5.75 Å². The number of hydrogen-bond donors (Lipinski definition) is 2. The number of hydrogen-bond acceptors (Lipinski definition) is 5. The third kappa shape index (κ3) is 7.58. The van der Waals surface area contributed by atoms with Gasteiger partial charge in [-0.2, -0.15) is 0 Å². The van der Waals surface area contributed by atoms with E-state index in [1.54, 1.807) is 0 Å². The zero-order valence-corrected chi connectivity index (χ0v) is 19.9. The molecule has 0 spiro atoms. The van der Waals surface area contributed by atoms with Gasteiger partial charge in [-0.15, -0.1) is 24.0 Å². The molecular formula is C21H35IN4O3. The zero-order valence-electron chi connectivity index (χ0n) is 17.5. The minimum Gasteiger partial charge on any atom is -0.491 e. The maximum atomic E-state index is 10.3. The van der Waals surface area contributed by atoms with Crippen LogP contribution in [0.2, 0.25) is 0 Å². The third-order valence-corrected chi connectivity index (χ3v) is 5.24. The minimum absolute atomic E-state index is 0. The van der Waals surface area contributed by atoms with Gasteiger partial charge in [-0.3, -0.25) is 9.89 Å². The first-order chi connectivity index (χ1) is 13.7. The van der Waals surface area contributed by atoms with E-state index in [1.807, 2.05) is 31.2 Å². The summed E-state index contributed by atoms with van der Waals surface area (Å²) in [5.74, 6) is 1.66. The van der Waals surface area contributed by atoms with Crippen LogP contribution in [0.5, 0.6) is 5.75 Å². The summed E-state index contributed by atoms with van der Waals surface area (Å²) in [7, 11) is 0. The van der Waals surface area contributed by atoms with E-state index in [0.717, 1.165) is 69.6 Å². The van der Waals surface area contributed by atoms with Crippen LogP contribution >= 0.6 is 24.0 Å². The highest BCUT2D eigenvalue weighted by Gasteiger charge is 2.30. The van der Waals surface area contributed by atoms with E-state index < -0.39 is 6.10 Å². The monoisotopic (exact) mass is 518 g/mol. The van der Waals surface area contributed by atoms with E-state index in [-0.39, 0.29) is 30.6 Å². The number of morpholine rings is 1. The normalized spacial score (nSPS) is 21.6. The van der Waals surface area contributed by atoms with Crippen LogP contribution < -0.4 is 10.1 Å². The Labute approximate surface area is 191 Å². The van der Waals surface area contributed by atoms with Gasteiger partial charge in [-0.25, -0.2) is 0 Å². The Morgan fingerprint density at radius 2 is 2.14 bits per heavy atom. The van der Waals surface area contributed by atoms with Gasteiger partial charge in [0.2, 0.25) is 0 Å². The van der Waals surface area contributed by atoms with Crippen molar-refractivity contribution in [3.63, 3.8) is 0 Å². The Morgan fingerprint density at radius 1 is 1.34 bits per heavy atom. The summed E-state index contributed by atoms with van der Waals surface area (Å²) in [4.78, 5) is 9.49. The highest BCUT2D eigenvalue weighted by Crippen LogP contribution is 2.17. The van der Waals surface area contributed by atoms with Gasteiger partial charge >= 0.3 is 0 Å². The largest absolute Gasteiger partial charge is 0.491 e. The number of aliphatic hydroxyl groups excluding tert-OH is 1. The second-order valence-corrected chi connectivity index (χ2v) is 7.51. The average Bonchev–Trinajstić information content (AvgIpc) is 3.20. The van der Waals surface area contributed by atoms with E-state index >= 15 is 0 Å². The number of aliphatic imine (C=N–C) groups is 1. The van der Waals surface area contributed by atoms with Crippen LogP contribution in [0.1, 0.15) is 18.9 Å². The predicted octanol–water partition coefficient (Wildman–Crippen LogP) is 1.72. The Bertz CT molecular complexity index is 640. The Morgan fingerprint density at radius 3 is 2.86 bits per heavy atom. The van der Waals surface area contributed by atoms with Gasteiger partial charge in [-0.1, -0.05) is 12.1 Å². The van der Waals surface area contributed by atoms with Crippen LogP contribution in [-0.4, -0.2) is 92.1 Å². The summed E-state index contributed by atoms with van der Waals surface area (Å²) in [6.45, 7) is 11.1. The van der Waals surface area contributed by atoms with Crippen molar-refractivity contribution < 1.29 is 14.6 Å². The topological polar surface area (TPSA) is 69.6 Å². The molecule has 3 rings (SSSR count). The molecule has 7 nitrogen and oxygen atoms in total. The molecule has 2 atom stereocenters. The number of ether oxygens (including phenoxy) is 2. The maximum absolute atomic E-state index is 10.3. The molecule has 2 saturated heterocycles. The van der Waals surface area contributed by atoms with E-state index in [9.17, 15) is 5.11 Å². The Hall–Kier alpha value is -1.10. The molecule has 0 amide bonds. The second-order valence-electron chi connectivity index (χ2n) is 7.51. The Kier molecular flexibility index (Phi) is 10.5. The fraction of sp³-hybridized carbons (Fsp3) is 0.667. The minimum atomic E-state index is -0.633. The number of guanidine groups is 1. The van der Waals surface area contributed by atoms with E-state index in [4.69, 9.17) is 9.47 Å². The molecule has 1 aromatic rings. The molecule has 2 aliphatic rings. The van der Waals surface area contributed by atoms with Crippen LogP contribution in [-0.2, 0) is 4.74 Å². The summed E-state index contributed by atoms with van der Waals surface area (Å²) >= 11 is 0. The van der Waals surface area contributed by atoms with Crippen LogP contribution in [0.4, 0.5) is 0 Å². The van der Waals surface area contributed by atoms with Gasteiger partial charge in [0, 0.05) is 38.8 Å². The molecule has 0 saturated carbocycles. The molecule has 2 aliphatic heterocycles. The third-order valence-electron chi connectivity index (χ3n) is 5.24. The summed E-state index contributed by atoms with van der Waals surface area (Å²) in [5, 5.41) is 13.7. The molecule has 8 heteroatoms. The van der Waals surface area contributed by atoms with Crippen LogP contribution in [0.15, 0.2) is 29.3 Å². The van der Waals surface area contributed by atoms with E-state index in [0.29, 0.717) is 12.6 Å². The summed E-state index contributed by atoms with van der Waals surface area (Å²) < 4.78 is 11.2. The summed E-state index contributed by atoms with van der Waals surface area (Å²) in [6, 6.07) is 8.41.